The van der Waals surface area contributed by atoms with Crippen LogP contribution in [0.4, 0.5) is 0 Å². The number of nitrogens with one attached hydrogen (secondary N) is 1. The van der Waals surface area contributed by atoms with E-state index < -0.39 is 0 Å². The molecule has 1 amide bonds. The van der Waals surface area contributed by atoms with Gasteiger partial charge in [0.05, 0.1) is 17.2 Å². The minimum Gasteiger partial charge on any atom is -0.385 e. The van der Waals surface area contributed by atoms with Crippen molar-refractivity contribution in [3.05, 3.63) is 36.4 Å². The lowest BCUT2D eigenvalue weighted by Gasteiger charge is -2.61. The SMILES string of the molecule is C=C/N=C1/NC=C/C1=C(/N)N1CCCC2(CC(C)N2C(=O)CC#N)C1. The summed E-state index contributed by atoms with van der Waals surface area (Å²) in [4.78, 5) is 20.6. The van der Waals surface area contributed by atoms with Crippen LogP contribution in [0.25, 0.3) is 0 Å². The Bertz CT molecular complexity index is 712. The van der Waals surface area contributed by atoms with E-state index in [2.05, 4.69) is 21.8 Å². The largest absolute Gasteiger partial charge is 0.385 e. The molecule has 0 aromatic heterocycles. The molecule has 7 heteroatoms. The van der Waals surface area contributed by atoms with Gasteiger partial charge >= 0.3 is 0 Å². The predicted molar refractivity (Wildman–Crippen MR) is 95.8 cm³/mol. The highest BCUT2D eigenvalue weighted by molar-refractivity contribution is 6.04. The van der Waals surface area contributed by atoms with Gasteiger partial charge in [-0.05, 0) is 32.3 Å². The number of nitriles is 1. The number of nitrogens with two attached hydrogens (primary N) is 1. The number of likely N-dealkylation sites (tertiary alicyclic amines) is 2. The van der Waals surface area contributed by atoms with Crippen molar-refractivity contribution in [3.63, 3.8) is 0 Å². The van der Waals surface area contributed by atoms with Crippen LogP contribution in [-0.2, 0) is 4.79 Å². The summed E-state index contributed by atoms with van der Waals surface area (Å²) >= 11 is 0. The fraction of sp³-hybridized carbons (Fsp3) is 0.500. The number of aliphatic imine (C=N–C) groups is 1. The third kappa shape index (κ3) is 2.88. The van der Waals surface area contributed by atoms with Crippen molar-refractivity contribution in [2.75, 3.05) is 13.1 Å². The monoisotopic (exact) mass is 340 g/mol. The van der Waals surface area contributed by atoms with Crippen molar-refractivity contribution >= 4 is 11.7 Å². The van der Waals surface area contributed by atoms with Gasteiger partial charge < -0.3 is 20.9 Å². The molecular formula is C18H24N6O. The van der Waals surface area contributed by atoms with Crippen molar-refractivity contribution in [3.8, 4) is 6.07 Å². The van der Waals surface area contributed by atoms with Gasteiger partial charge in [-0.2, -0.15) is 5.26 Å². The number of amides is 1. The van der Waals surface area contributed by atoms with Crippen LogP contribution in [-0.4, -0.2) is 46.2 Å². The van der Waals surface area contributed by atoms with Crippen molar-refractivity contribution in [1.82, 2.24) is 15.1 Å². The van der Waals surface area contributed by atoms with Crippen molar-refractivity contribution < 1.29 is 4.79 Å². The maximum Gasteiger partial charge on any atom is 0.237 e. The summed E-state index contributed by atoms with van der Waals surface area (Å²) in [6.07, 6.45) is 7.99. The molecule has 3 rings (SSSR count). The topological polar surface area (TPSA) is 97.8 Å². The molecule has 3 N–H and O–H groups in total. The highest BCUT2D eigenvalue weighted by Crippen LogP contribution is 2.44. The van der Waals surface area contributed by atoms with Crippen LogP contribution in [0.1, 0.15) is 32.6 Å². The third-order valence-electron chi connectivity index (χ3n) is 5.24. The molecule has 0 saturated carbocycles. The Morgan fingerprint density at radius 2 is 2.48 bits per heavy atom. The highest BCUT2D eigenvalue weighted by atomic mass is 16.2. The minimum atomic E-state index is -0.206. The van der Waals surface area contributed by atoms with E-state index in [1.807, 2.05) is 24.0 Å². The fourth-order valence-corrected chi connectivity index (χ4v) is 4.37. The normalized spacial score (nSPS) is 31.5. The minimum absolute atomic E-state index is 0.0640. The second-order valence-electron chi connectivity index (χ2n) is 6.84. The molecule has 0 bridgehead atoms. The van der Waals surface area contributed by atoms with E-state index in [4.69, 9.17) is 11.0 Å². The molecular weight excluding hydrogens is 316 g/mol. The zero-order valence-corrected chi connectivity index (χ0v) is 14.5. The van der Waals surface area contributed by atoms with E-state index in [0.29, 0.717) is 18.2 Å². The summed E-state index contributed by atoms with van der Waals surface area (Å²) < 4.78 is 0. The number of carbonyl (C=O) groups excluding carboxylic acids is 1. The van der Waals surface area contributed by atoms with Gasteiger partial charge in [-0.3, -0.25) is 4.79 Å². The van der Waals surface area contributed by atoms with Crippen molar-refractivity contribution in [2.45, 2.75) is 44.2 Å². The lowest BCUT2D eigenvalue weighted by Crippen LogP contribution is -2.72. The first-order valence-corrected chi connectivity index (χ1v) is 8.58. The third-order valence-corrected chi connectivity index (χ3v) is 5.24. The van der Waals surface area contributed by atoms with Crippen LogP contribution in [0.2, 0.25) is 0 Å². The second kappa shape index (κ2) is 6.63. The van der Waals surface area contributed by atoms with Gasteiger partial charge in [-0.15, -0.1) is 0 Å². The number of rotatable bonds is 3. The van der Waals surface area contributed by atoms with Crippen LogP contribution in [0.5, 0.6) is 0 Å². The smallest absolute Gasteiger partial charge is 0.237 e. The van der Waals surface area contributed by atoms with E-state index >= 15 is 0 Å². The molecule has 132 valence electrons. The van der Waals surface area contributed by atoms with Crippen molar-refractivity contribution in [1.29, 1.82) is 5.26 Å². The molecule has 0 aromatic rings. The number of hydrogen-bond donors (Lipinski definition) is 2. The van der Waals surface area contributed by atoms with E-state index in [1.165, 1.54) is 6.20 Å². The Morgan fingerprint density at radius 3 is 3.16 bits per heavy atom. The molecule has 3 heterocycles. The van der Waals surface area contributed by atoms with E-state index in [9.17, 15) is 4.79 Å². The van der Waals surface area contributed by atoms with Crippen LogP contribution in [0, 0.1) is 11.3 Å². The Kier molecular flexibility index (Phi) is 4.53. The zero-order valence-electron chi connectivity index (χ0n) is 14.5. The molecule has 25 heavy (non-hydrogen) atoms. The number of carbonyl (C=O) groups is 1. The lowest BCUT2D eigenvalue weighted by atomic mass is 9.73. The van der Waals surface area contributed by atoms with Gasteiger partial charge in [-0.1, -0.05) is 6.58 Å². The zero-order chi connectivity index (χ0) is 18.0. The standard InChI is InChI=1S/C18H24N6O/c1-3-21-17-14(6-9-22-17)16(20)23-10-4-7-18(12-23)11-13(2)24(18)15(25)5-8-19/h3,6,9,13H,1,4-5,7,10-12,20H2,2H3,(H,21,22)/b16-14+. The fourth-order valence-electron chi connectivity index (χ4n) is 4.37. The van der Waals surface area contributed by atoms with Gasteiger partial charge in [0.1, 0.15) is 18.1 Å². The van der Waals surface area contributed by atoms with Crippen LogP contribution >= 0.6 is 0 Å². The first-order valence-electron chi connectivity index (χ1n) is 8.58. The molecule has 2 unspecified atom stereocenters. The summed E-state index contributed by atoms with van der Waals surface area (Å²) in [7, 11) is 0. The Morgan fingerprint density at radius 1 is 1.68 bits per heavy atom. The maximum atomic E-state index is 12.4. The number of piperidine rings is 1. The molecule has 3 aliphatic heterocycles. The Hall–Kier alpha value is -2.75. The summed E-state index contributed by atoms with van der Waals surface area (Å²) in [6, 6.07) is 2.16. The van der Waals surface area contributed by atoms with Gasteiger partial charge in [0.15, 0.2) is 0 Å². The average Bonchev–Trinajstić information content (AvgIpc) is 3.02. The number of nitrogens with zero attached hydrogens (tertiary/aromatic N) is 4. The first kappa shape index (κ1) is 17.1. The first-order chi connectivity index (χ1) is 12.0. The predicted octanol–water partition coefficient (Wildman–Crippen LogP) is 1.18. The second-order valence-corrected chi connectivity index (χ2v) is 6.84. The van der Waals surface area contributed by atoms with Crippen LogP contribution in [0.15, 0.2) is 41.4 Å². The molecule has 7 nitrogen and oxygen atoms in total. The van der Waals surface area contributed by atoms with Crippen LogP contribution in [0.3, 0.4) is 0 Å². The average molecular weight is 340 g/mol. The number of hydrogen-bond acceptors (Lipinski definition) is 5. The highest BCUT2D eigenvalue weighted by Gasteiger charge is 2.53. The molecule has 0 radical (unpaired) electrons. The Labute approximate surface area is 148 Å². The summed E-state index contributed by atoms with van der Waals surface area (Å²) in [6.45, 7) is 7.21. The summed E-state index contributed by atoms with van der Waals surface area (Å²) in [5.74, 6) is 1.27. The lowest BCUT2D eigenvalue weighted by molar-refractivity contribution is -0.161. The van der Waals surface area contributed by atoms with Gasteiger partial charge in [0, 0.05) is 31.5 Å². The molecule has 2 saturated heterocycles. The van der Waals surface area contributed by atoms with Gasteiger partial charge in [0.25, 0.3) is 0 Å². The van der Waals surface area contributed by atoms with Crippen LogP contribution < -0.4 is 11.1 Å². The van der Waals surface area contributed by atoms with E-state index in [0.717, 1.165) is 31.4 Å². The summed E-state index contributed by atoms with van der Waals surface area (Å²) in [5, 5.41) is 11.9. The molecule has 2 fully saturated rings. The summed E-state index contributed by atoms with van der Waals surface area (Å²) in [5.41, 5.74) is 7.07. The Balaban J connectivity index is 1.83. The quantitative estimate of drug-likeness (QED) is 0.804. The van der Waals surface area contributed by atoms with E-state index in [1.54, 1.807) is 6.20 Å². The molecule has 3 aliphatic rings. The van der Waals surface area contributed by atoms with Gasteiger partial charge in [-0.25, -0.2) is 4.99 Å². The molecule has 0 aromatic carbocycles. The number of amidine groups is 1. The molecule has 2 atom stereocenters. The maximum absolute atomic E-state index is 12.4. The van der Waals surface area contributed by atoms with Gasteiger partial charge in [0.2, 0.25) is 5.91 Å². The molecule has 1 spiro atoms. The van der Waals surface area contributed by atoms with E-state index in [-0.39, 0.29) is 23.9 Å². The van der Waals surface area contributed by atoms with Crippen molar-refractivity contribution in [2.24, 2.45) is 10.7 Å². The molecule has 0 aliphatic carbocycles.